The fourth-order valence-electron chi connectivity index (χ4n) is 2.00. The van der Waals surface area contributed by atoms with Gasteiger partial charge in [-0.15, -0.1) is 0 Å². The molecular weight excluding hydrogens is 257 g/mol. The largest absolute Gasteiger partial charge is 0.365 e. The second kappa shape index (κ2) is 7.85. The van der Waals surface area contributed by atoms with Gasteiger partial charge in [0.05, 0.1) is 6.54 Å². The van der Waals surface area contributed by atoms with Crippen molar-refractivity contribution in [2.75, 3.05) is 25.0 Å². The number of halogens is 1. The first-order valence-electron chi connectivity index (χ1n) is 6.94. The molecule has 1 rings (SSSR count). The van der Waals surface area contributed by atoms with Gasteiger partial charge in [0.25, 0.3) is 0 Å². The van der Waals surface area contributed by atoms with Crippen LogP contribution in [0.3, 0.4) is 0 Å². The van der Waals surface area contributed by atoms with Gasteiger partial charge in [0, 0.05) is 30.9 Å². The Labute approximate surface area is 120 Å². The minimum atomic E-state index is -0.250. The molecule has 1 aromatic rings. The van der Waals surface area contributed by atoms with Gasteiger partial charge >= 0.3 is 0 Å². The third kappa shape index (κ3) is 4.81. The van der Waals surface area contributed by atoms with Gasteiger partial charge in [-0.2, -0.15) is 0 Å². The Bertz CT molecular complexity index is 449. The van der Waals surface area contributed by atoms with Crippen LogP contribution in [0.2, 0.25) is 0 Å². The van der Waals surface area contributed by atoms with E-state index < -0.39 is 0 Å². The van der Waals surface area contributed by atoms with Crippen LogP contribution in [0.1, 0.15) is 26.3 Å². The number of hydrogen-bond donors (Lipinski definition) is 2. The first-order valence-corrected chi connectivity index (χ1v) is 6.94. The van der Waals surface area contributed by atoms with E-state index in [1.165, 1.54) is 6.07 Å². The number of nitrogens with one attached hydrogen (secondary N) is 2. The number of amides is 1. The summed E-state index contributed by atoms with van der Waals surface area (Å²) in [5.41, 5.74) is 1.33. The molecule has 20 heavy (non-hydrogen) atoms. The first-order chi connectivity index (χ1) is 9.45. The minimum absolute atomic E-state index is 0.0684. The molecule has 0 saturated heterocycles. The standard InChI is InChI=1S/C15H24FN3O/c1-5-17-9-12-13(16)7-6-8-14(12)19(4)10-15(20)18-11(2)3/h6-8,11,17H,5,9-10H2,1-4H3,(H,18,20). The van der Waals surface area contributed by atoms with Crippen LogP contribution in [0, 0.1) is 5.82 Å². The molecule has 0 saturated carbocycles. The molecule has 112 valence electrons. The lowest BCUT2D eigenvalue weighted by Gasteiger charge is -2.23. The van der Waals surface area contributed by atoms with Crippen molar-refractivity contribution in [3.8, 4) is 0 Å². The Balaban J connectivity index is 2.83. The fraction of sp³-hybridized carbons (Fsp3) is 0.533. The van der Waals surface area contributed by atoms with Crippen LogP contribution < -0.4 is 15.5 Å². The van der Waals surface area contributed by atoms with Gasteiger partial charge in [-0.25, -0.2) is 4.39 Å². The van der Waals surface area contributed by atoms with Gasteiger partial charge < -0.3 is 15.5 Å². The number of likely N-dealkylation sites (N-methyl/N-ethyl adjacent to an activating group) is 1. The third-order valence-corrected chi connectivity index (χ3v) is 2.89. The Morgan fingerprint density at radius 2 is 2.10 bits per heavy atom. The minimum Gasteiger partial charge on any atom is -0.365 e. The number of benzene rings is 1. The Morgan fingerprint density at radius 3 is 2.70 bits per heavy atom. The Kier molecular flexibility index (Phi) is 6.45. The lowest BCUT2D eigenvalue weighted by molar-refractivity contribution is -0.120. The molecule has 0 radical (unpaired) electrons. The molecule has 0 unspecified atom stereocenters. The second-order valence-corrected chi connectivity index (χ2v) is 5.10. The number of nitrogens with zero attached hydrogens (tertiary/aromatic N) is 1. The van der Waals surface area contributed by atoms with Crippen molar-refractivity contribution in [3.05, 3.63) is 29.6 Å². The maximum Gasteiger partial charge on any atom is 0.239 e. The smallest absolute Gasteiger partial charge is 0.239 e. The van der Waals surface area contributed by atoms with E-state index in [-0.39, 0.29) is 24.3 Å². The number of rotatable bonds is 7. The van der Waals surface area contributed by atoms with Crippen LogP contribution in [-0.2, 0) is 11.3 Å². The monoisotopic (exact) mass is 281 g/mol. The highest BCUT2D eigenvalue weighted by molar-refractivity contribution is 5.81. The van der Waals surface area contributed by atoms with Gasteiger partial charge in [0.15, 0.2) is 0 Å². The molecule has 2 N–H and O–H groups in total. The first kappa shape index (κ1) is 16.4. The van der Waals surface area contributed by atoms with Crippen molar-refractivity contribution in [3.63, 3.8) is 0 Å². The maximum atomic E-state index is 13.9. The van der Waals surface area contributed by atoms with E-state index in [9.17, 15) is 9.18 Å². The Hall–Kier alpha value is -1.62. The maximum absolute atomic E-state index is 13.9. The Morgan fingerprint density at radius 1 is 1.40 bits per heavy atom. The van der Waals surface area contributed by atoms with Crippen LogP contribution in [0.4, 0.5) is 10.1 Å². The summed E-state index contributed by atoms with van der Waals surface area (Å²) < 4.78 is 13.9. The molecule has 0 spiro atoms. The zero-order valence-corrected chi connectivity index (χ0v) is 12.7. The van der Waals surface area contributed by atoms with Crippen LogP contribution in [0.15, 0.2) is 18.2 Å². The van der Waals surface area contributed by atoms with Gasteiger partial charge in [-0.1, -0.05) is 13.0 Å². The third-order valence-electron chi connectivity index (χ3n) is 2.89. The van der Waals surface area contributed by atoms with E-state index in [0.29, 0.717) is 12.1 Å². The molecule has 4 nitrogen and oxygen atoms in total. The van der Waals surface area contributed by atoms with Crippen molar-refractivity contribution in [2.24, 2.45) is 0 Å². The highest BCUT2D eigenvalue weighted by atomic mass is 19.1. The number of carbonyl (C=O) groups is 1. The summed E-state index contributed by atoms with van der Waals surface area (Å²) in [4.78, 5) is 13.6. The summed E-state index contributed by atoms with van der Waals surface area (Å²) in [5, 5.41) is 5.95. The number of carbonyl (C=O) groups excluding carboxylic acids is 1. The molecular formula is C15H24FN3O. The zero-order valence-electron chi connectivity index (χ0n) is 12.7. The van der Waals surface area contributed by atoms with Crippen molar-refractivity contribution >= 4 is 11.6 Å². The SMILES string of the molecule is CCNCc1c(F)cccc1N(C)CC(=O)NC(C)C. The van der Waals surface area contributed by atoms with E-state index in [1.54, 1.807) is 18.0 Å². The molecule has 0 aliphatic rings. The molecule has 0 heterocycles. The van der Waals surface area contributed by atoms with Gasteiger partial charge in [-0.3, -0.25) is 4.79 Å². The fourth-order valence-corrected chi connectivity index (χ4v) is 2.00. The predicted molar refractivity (Wildman–Crippen MR) is 80.3 cm³/mol. The van der Waals surface area contributed by atoms with Crippen molar-refractivity contribution in [1.29, 1.82) is 0 Å². The molecule has 0 bridgehead atoms. The highest BCUT2D eigenvalue weighted by Gasteiger charge is 2.14. The van der Waals surface area contributed by atoms with E-state index in [4.69, 9.17) is 0 Å². The predicted octanol–water partition coefficient (Wildman–Crippen LogP) is 1.90. The van der Waals surface area contributed by atoms with Crippen molar-refractivity contribution < 1.29 is 9.18 Å². The summed E-state index contributed by atoms with van der Waals surface area (Å²) >= 11 is 0. The number of anilines is 1. The summed E-state index contributed by atoms with van der Waals surface area (Å²) in [6.07, 6.45) is 0. The van der Waals surface area contributed by atoms with Gasteiger partial charge in [0.1, 0.15) is 5.82 Å². The quantitative estimate of drug-likeness (QED) is 0.802. The van der Waals surface area contributed by atoms with Crippen molar-refractivity contribution in [2.45, 2.75) is 33.4 Å². The van der Waals surface area contributed by atoms with Crippen LogP contribution >= 0.6 is 0 Å². The molecule has 0 aromatic heterocycles. The van der Waals surface area contributed by atoms with E-state index in [2.05, 4.69) is 10.6 Å². The summed E-state index contributed by atoms with van der Waals surface area (Å²) in [5.74, 6) is -0.319. The molecule has 0 aliphatic carbocycles. The lowest BCUT2D eigenvalue weighted by Crippen LogP contribution is -2.39. The molecule has 1 amide bonds. The summed E-state index contributed by atoms with van der Waals surface area (Å²) in [6.45, 7) is 7.23. The summed E-state index contributed by atoms with van der Waals surface area (Å²) in [6, 6.07) is 5.04. The van der Waals surface area contributed by atoms with Gasteiger partial charge in [-0.05, 0) is 32.5 Å². The van der Waals surface area contributed by atoms with Crippen LogP contribution in [0.5, 0.6) is 0 Å². The molecule has 0 fully saturated rings. The molecule has 0 atom stereocenters. The van der Waals surface area contributed by atoms with Gasteiger partial charge in [0.2, 0.25) is 5.91 Å². The van der Waals surface area contributed by atoms with E-state index in [1.807, 2.05) is 26.8 Å². The topological polar surface area (TPSA) is 44.4 Å². The van der Waals surface area contributed by atoms with E-state index in [0.717, 1.165) is 12.2 Å². The number of hydrogen-bond acceptors (Lipinski definition) is 3. The highest BCUT2D eigenvalue weighted by Crippen LogP contribution is 2.22. The second-order valence-electron chi connectivity index (χ2n) is 5.10. The molecule has 5 heteroatoms. The van der Waals surface area contributed by atoms with Crippen LogP contribution in [0.25, 0.3) is 0 Å². The molecule has 0 aliphatic heterocycles. The van der Waals surface area contributed by atoms with Crippen LogP contribution in [-0.4, -0.2) is 32.1 Å². The zero-order chi connectivity index (χ0) is 15.1. The molecule has 1 aromatic carbocycles. The normalized spacial score (nSPS) is 10.7. The average molecular weight is 281 g/mol. The van der Waals surface area contributed by atoms with Crippen molar-refractivity contribution in [1.82, 2.24) is 10.6 Å². The lowest BCUT2D eigenvalue weighted by atomic mass is 10.1. The summed E-state index contributed by atoms with van der Waals surface area (Å²) in [7, 11) is 1.80. The average Bonchev–Trinajstić information content (AvgIpc) is 2.35. The van der Waals surface area contributed by atoms with E-state index >= 15 is 0 Å².